The normalized spacial score (nSPS) is 11.0. The lowest BCUT2D eigenvalue weighted by Gasteiger charge is -1.98. The van der Waals surface area contributed by atoms with E-state index in [0.717, 1.165) is 0 Å². The molecular formula is C11H6N2O3. The minimum absolute atomic E-state index is 0.156. The Morgan fingerprint density at radius 2 is 1.94 bits per heavy atom. The second-order valence-corrected chi connectivity index (χ2v) is 3.36. The van der Waals surface area contributed by atoms with Gasteiger partial charge in [0.15, 0.2) is 0 Å². The molecular weight excluding hydrogens is 208 g/mol. The predicted molar refractivity (Wildman–Crippen MR) is 58.4 cm³/mol. The molecule has 0 fully saturated rings. The molecule has 5 nitrogen and oxygen atoms in total. The van der Waals surface area contributed by atoms with Gasteiger partial charge in [-0.25, -0.2) is 9.78 Å². The van der Waals surface area contributed by atoms with Crippen LogP contribution in [0.4, 0.5) is 0 Å². The maximum atomic E-state index is 12.0. The molecule has 0 radical (unpaired) electrons. The lowest BCUT2D eigenvalue weighted by atomic mass is 10.2. The van der Waals surface area contributed by atoms with Gasteiger partial charge in [-0.3, -0.25) is 9.78 Å². The van der Waals surface area contributed by atoms with Gasteiger partial charge in [-0.15, -0.1) is 0 Å². The van der Waals surface area contributed by atoms with Gasteiger partial charge in [-0.1, -0.05) is 12.1 Å². The monoisotopic (exact) mass is 214 g/mol. The van der Waals surface area contributed by atoms with Gasteiger partial charge >= 0.3 is 5.69 Å². The first-order chi connectivity index (χ1) is 7.75. The van der Waals surface area contributed by atoms with Crippen LogP contribution >= 0.6 is 0 Å². The van der Waals surface area contributed by atoms with Gasteiger partial charge in [-0.05, 0) is 12.1 Å². The van der Waals surface area contributed by atoms with Crippen LogP contribution in [0.3, 0.4) is 0 Å². The molecule has 3 rings (SSSR count). The summed E-state index contributed by atoms with van der Waals surface area (Å²) in [5, 5.41) is 0.752. The van der Waals surface area contributed by atoms with Gasteiger partial charge in [0, 0.05) is 6.20 Å². The summed E-state index contributed by atoms with van der Waals surface area (Å²) in [6.07, 6.45) is 1.23. The van der Waals surface area contributed by atoms with Gasteiger partial charge in [-0.2, -0.15) is 0 Å². The van der Waals surface area contributed by atoms with Gasteiger partial charge in [0.1, 0.15) is 11.0 Å². The number of aromatic amines is 1. The zero-order valence-electron chi connectivity index (χ0n) is 8.06. The van der Waals surface area contributed by atoms with Gasteiger partial charge in [0.25, 0.3) is 0 Å². The number of aromatic nitrogens is 2. The van der Waals surface area contributed by atoms with E-state index in [0.29, 0.717) is 11.0 Å². The Morgan fingerprint density at radius 1 is 1.12 bits per heavy atom. The van der Waals surface area contributed by atoms with Crippen LogP contribution in [0.2, 0.25) is 0 Å². The molecule has 78 valence electrons. The lowest BCUT2D eigenvalue weighted by molar-refractivity contribution is 0.640. The zero-order valence-corrected chi connectivity index (χ0v) is 8.06. The Morgan fingerprint density at radius 3 is 2.81 bits per heavy atom. The fourth-order valence-electron chi connectivity index (χ4n) is 1.62. The molecule has 2 aromatic heterocycles. The van der Waals surface area contributed by atoms with E-state index in [1.807, 2.05) is 0 Å². The second-order valence-electron chi connectivity index (χ2n) is 3.36. The summed E-state index contributed by atoms with van der Waals surface area (Å²) in [7, 11) is 0. The average molecular weight is 214 g/mol. The second kappa shape index (κ2) is 3.03. The summed E-state index contributed by atoms with van der Waals surface area (Å²) in [6.45, 7) is 0. The van der Waals surface area contributed by atoms with Crippen LogP contribution < -0.4 is 11.1 Å². The number of nitrogens with one attached hydrogen (secondary N) is 1. The van der Waals surface area contributed by atoms with Crippen LogP contribution in [-0.2, 0) is 0 Å². The van der Waals surface area contributed by atoms with Crippen molar-refractivity contribution in [1.82, 2.24) is 9.97 Å². The number of para-hydroxylation sites is 1. The molecule has 0 amide bonds. The summed E-state index contributed by atoms with van der Waals surface area (Å²) in [5.74, 6) is 0. The Balaban J connectivity index is 2.66. The largest absolute Gasteiger partial charge is 0.439 e. The van der Waals surface area contributed by atoms with Crippen molar-refractivity contribution in [2.45, 2.75) is 0 Å². The molecule has 0 saturated heterocycles. The van der Waals surface area contributed by atoms with Crippen molar-refractivity contribution in [1.29, 1.82) is 0 Å². The molecule has 0 spiro atoms. The van der Waals surface area contributed by atoms with Gasteiger partial charge in [0.2, 0.25) is 11.1 Å². The average Bonchev–Trinajstić information content (AvgIpc) is 2.29. The molecule has 1 aromatic carbocycles. The molecule has 16 heavy (non-hydrogen) atoms. The molecule has 0 bridgehead atoms. The Kier molecular flexibility index (Phi) is 1.67. The number of hydrogen-bond acceptors (Lipinski definition) is 4. The van der Waals surface area contributed by atoms with Crippen LogP contribution in [0, 0.1) is 0 Å². The highest BCUT2D eigenvalue weighted by Crippen LogP contribution is 2.14. The first kappa shape index (κ1) is 8.84. The van der Waals surface area contributed by atoms with Crippen LogP contribution in [0.1, 0.15) is 0 Å². The number of fused-ring (bicyclic) bond motifs is 2. The maximum absolute atomic E-state index is 12.0. The van der Waals surface area contributed by atoms with Gasteiger partial charge in [0.05, 0.1) is 5.39 Å². The van der Waals surface area contributed by atoms with Crippen molar-refractivity contribution in [2.24, 2.45) is 0 Å². The maximum Gasteiger partial charge on any atom is 0.347 e. The molecule has 0 saturated carbocycles. The van der Waals surface area contributed by atoms with E-state index in [-0.39, 0.29) is 16.5 Å². The highest BCUT2D eigenvalue weighted by atomic mass is 16.3. The summed E-state index contributed by atoms with van der Waals surface area (Å²) in [4.78, 5) is 28.9. The van der Waals surface area contributed by atoms with Crippen molar-refractivity contribution >= 4 is 22.1 Å². The molecule has 0 aliphatic carbocycles. The first-order valence-corrected chi connectivity index (χ1v) is 4.66. The summed E-state index contributed by atoms with van der Waals surface area (Å²) >= 11 is 0. The third-order valence-corrected chi connectivity index (χ3v) is 2.36. The number of H-pyrrole nitrogens is 1. The molecule has 2 heterocycles. The van der Waals surface area contributed by atoms with Crippen molar-refractivity contribution < 1.29 is 4.42 Å². The van der Waals surface area contributed by atoms with E-state index < -0.39 is 5.69 Å². The highest BCUT2D eigenvalue weighted by Gasteiger charge is 2.07. The fourth-order valence-corrected chi connectivity index (χ4v) is 1.62. The zero-order chi connectivity index (χ0) is 11.1. The standard InChI is InChI=1S/C11H6N2O3/c14-9-6-3-1-2-4-8(6)16-10-7(9)5-12-11(15)13-10/h1-5H,(H,12,13,15). The first-order valence-electron chi connectivity index (χ1n) is 4.66. The van der Waals surface area contributed by atoms with Crippen molar-refractivity contribution in [3.63, 3.8) is 0 Å². The minimum Gasteiger partial charge on any atom is -0.439 e. The Hall–Kier alpha value is -2.43. The van der Waals surface area contributed by atoms with E-state index in [4.69, 9.17) is 4.42 Å². The lowest BCUT2D eigenvalue weighted by Crippen LogP contribution is -2.12. The predicted octanol–water partition coefficient (Wildman–Crippen LogP) is 1.03. The van der Waals surface area contributed by atoms with Crippen LogP contribution in [0.15, 0.2) is 44.5 Å². The Bertz CT molecular complexity index is 801. The third-order valence-electron chi connectivity index (χ3n) is 2.36. The topological polar surface area (TPSA) is 76.0 Å². The highest BCUT2D eigenvalue weighted by molar-refractivity contribution is 5.87. The smallest absolute Gasteiger partial charge is 0.347 e. The van der Waals surface area contributed by atoms with E-state index >= 15 is 0 Å². The molecule has 1 N–H and O–H groups in total. The van der Waals surface area contributed by atoms with Crippen molar-refractivity contribution in [2.75, 3.05) is 0 Å². The molecule has 0 aliphatic rings. The Labute approximate surface area is 88.4 Å². The van der Waals surface area contributed by atoms with Crippen LogP contribution in [0.25, 0.3) is 22.1 Å². The van der Waals surface area contributed by atoms with Gasteiger partial charge < -0.3 is 4.42 Å². The number of rotatable bonds is 0. The van der Waals surface area contributed by atoms with E-state index in [1.54, 1.807) is 24.3 Å². The van der Waals surface area contributed by atoms with Crippen molar-refractivity contribution in [3.8, 4) is 0 Å². The quantitative estimate of drug-likeness (QED) is 0.567. The number of nitrogens with zero attached hydrogens (tertiary/aromatic N) is 1. The third kappa shape index (κ3) is 1.15. The van der Waals surface area contributed by atoms with Crippen LogP contribution in [-0.4, -0.2) is 9.97 Å². The molecule has 5 heteroatoms. The molecule has 0 aliphatic heterocycles. The van der Waals surface area contributed by atoms with Crippen molar-refractivity contribution in [3.05, 3.63) is 51.2 Å². The molecule has 3 aromatic rings. The molecule has 0 unspecified atom stereocenters. The van der Waals surface area contributed by atoms with E-state index in [9.17, 15) is 9.59 Å². The van der Waals surface area contributed by atoms with E-state index in [2.05, 4.69) is 9.97 Å². The van der Waals surface area contributed by atoms with Crippen LogP contribution in [0.5, 0.6) is 0 Å². The fraction of sp³-hybridized carbons (Fsp3) is 0. The SMILES string of the molecule is O=c1ncc2c(=O)c3ccccc3oc2[nH]1. The van der Waals surface area contributed by atoms with E-state index in [1.165, 1.54) is 6.20 Å². The minimum atomic E-state index is -0.536. The summed E-state index contributed by atoms with van der Waals surface area (Å²) in [6, 6.07) is 6.86. The molecule has 0 atom stereocenters. The number of hydrogen-bond donors (Lipinski definition) is 1. The summed E-state index contributed by atoms with van der Waals surface area (Å²) in [5.41, 5.74) is -0.128. The number of benzene rings is 1. The summed E-state index contributed by atoms with van der Waals surface area (Å²) < 4.78 is 5.41.